The van der Waals surface area contributed by atoms with Gasteiger partial charge in [-0.2, -0.15) is 13.2 Å². The van der Waals surface area contributed by atoms with Gasteiger partial charge in [0.1, 0.15) is 18.2 Å². The van der Waals surface area contributed by atoms with Crippen LogP contribution < -0.4 is 9.47 Å². The zero-order valence-corrected chi connectivity index (χ0v) is 20.7. The van der Waals surface area contributed by atoms with E-state index in [9.17, 15) is 32.6 Å². The summed E-state index contributed by atoms with van der Waals surface area (Å²) in [7, 11) is 0. The second-order valence-corrected chi connectivity index (χ2v) is 10.6. The first kappa shape index (κ1) is 25.6. The van der Waals surface area contributed by atoms with Crippen LogP contribution in [0.25, 0.3) is 11.1 Å². The van der Waals surface area contributed by atoms with Gasteiger partial charge in [-0.15, -0.1) is 0 Å². The number of carboxylic acids is 1. The molecule has 10 heteroatoms. The molecule has 2 N–H and O–H groups in total. The third-order valence-corrected chi connectivity index (χ3v) is 7.96. The molecule has 2 fully saturated rings. The number of alkyl halides is 3. The first-order chi connectivity index (χ1) is 18.5. The van der Waals surface area contributed by atoms with Crippen molar-refractivity contribution >= 4 is 5.97 Å². The molecule has 6 nitrogen and oxygen atoms in total. The number of hydrogen-bond donors (Lipinski definition) is 2. The lowest BCUT2D eigenvalue weighted by Crippen LogP contribution is -2.13. The Morgan fingerprint density at radius 3 is 2.62 bits per heavy atom. The number of pyridine rings is 1. The second-order valence-electron chi connectivity index (χ2n) is 10.6. The average Bonchev–Trinajstić information content (AvgIpc) is 3.77. The Morgan fingerprint density at radius 1 is 1.10 bits per heavy atom. The van der Waals surface area contributed by atoms with Crippen molar-refractivity contribution in [3.63, 3.8) is 0 Å². The number of rotatable bonds is 9. The number of halogens is 4. The first-order valence-corrected chi connectivity index (χ1v) is 12.7. The highest BCUT2D eigenvalue weighted by molar-refractivity contribution is 5.77. The van der Waals surface area contributed by atoms with Crippen molar-refractivity contribution in [3.8, 4) is 22.8 Å². The van der Waals surface area contributed by atoms with E-state index in [0.29, 0.717) is 25.7 Å². The van der Waals surface area contributed by atoms with Crippen molar-refractivity contribution < 1.29 is 42.0 Å². The maximum Gasteiger partial charge on any atom is 0.417 e. The number of carbonyl (C=O) groups is 1. The Balaban J connectivity index is 1.18. The van der Waals surface area contributed by atoms with Crippen LogP contribution in [-0.4, -0.2) is 33.4 Å². The van der Waals surface area contributed by atoms with E-state index in [1.54, 1.807) is 12.3 Å². The molecule has 3 aliphatic rings. The third kappa shape index (κ3) is 5.05. The fraction of sp³-hybridized carbons (Fsp3) is 0.379. The minimum absolute atomic E-state index is 0.0303. The van der Waals surface area contributed by atoms with Gasteiger partial charge in [0, 0.05) is 30.2 Å². The van der Waals surface area contributed by atoms with Crippen LogP contribution in [0.15, 0.2) is 48.7 Å². The summed E-state index contributed by atoms with van der Waals surface area (Å²) >= 11 is 0. The van der Waals surface area contributed by atoms with Gasteiger partial charge in [0.05, 0.1) is 23.7 Å². The van der Waals surface area contributed by atoms with Crippen molar-refractivity contribution in [2.24, 2.45) is 11.8 Å². The highest BCUT2D eigenvalue weighted by Gasteiger charge is 2.60. The summed E-state index contributed by atoms with van der Waals surface area (Å²) in [6, 6.07) is 9.05. The van der Waals surface area contributed by atoms with Crippen molar-refractivity contribution in [2.45, 2.75) is 50.0 Å². The number of hydrogen-bond acceptors (Lipinski definition) is 5. The minimum atomic E-state index is -4.68. The van der Waals surface area contributed by atoms with Crippen LogP contribution in [0.1, 0.15) is 47.4 Å². The smallest absolute Gasteiger partial charge is 0.417 e. The van der Waals surface area contributed by atoms with Gasteiger partial charge in [0.2, 0.25) is 5.88 Å². The van der Waals surface area contributed by atoms with E-state index in [1.807, 2.05) is 0 Å². The average molecular weight is 544 g/mol. The lowest BCUT2D eigenvalue weighted by Gasteiger charge is -2.17. The van der Waals surface area contributed by atoms with Gasteiger partial charge in [-0.1, -0.05) is 12.1 Å². The Labute approximate surface area is 221 Å². The molecule has 0 spiro atoms. The fourth-order valence-electron chi connectivity index (χ4n) is 5.54. The standard InChI is InChI=1S/C29H25F4NO5/c30-23-4-1-15(19-3-2-18(12-22(19)29(31,32)33)38-8-7-28(37)5-6-28)9-17(23)14-39-24-11-16-10-20-25(21(16)13-34-24)26(20)27(35)36/h1-4,9,11-13,20,25-26,37H,5-8,10,14H2,(H,35,36)/t20-,25-,26+/m1/s1. The largest absolute Gasteiger partial charge is 0.493 e. The predicted molar refractivity (Wildman–Crippen MR) is 131 cm³/mol. The molecule has 1 aromatic heterocycles. The number of ether oxygens (including phenoxy) is 2. The number of carboxylic acid groups (broad SMARTS) is 1. The van der Waals surface area contributed by atoms with E-state index in [1.165, 1.54) is 24.3 Å². The maximum atomic E-state index is 14.6. The number of benzene rings is 2. The number of aliphatic carboxylic acids is 1. The summed E-state index contributed by atoms with van der Waals surface area (Å²) in [6.07, 6.45) is -0.799. The Kier molecular flexibility index (Phi) is 6.05. The summed E-state index contributed by atoms with van der Waals surface area (Å²) < 4.78 is 67.6. The maximum absolute atomic E-state index is 14.6. The monoisotopic (exact) mass is 543 g/mol. The molecule has 0 amide bonds. The number of aromatic nitrogens is 1. The molecule has 2 saturated carbocycles. The summed E-state index contributed by atoms with van der Waals surface area (Å²) in [5.41, 5.74) is 0.270. The van der Waals surface area contributed by atoms with Crippen molar-refractivity contribution in [3.05, 3.63) is 76.7 Å². The molecule has 0 bridgehead atoms. The van der Waals surface area contributed by atoms with Gasteiger partial charge in [-0.3, -0.25) is 4.79 Å². The third-order valence-electron chi connectivity index (χ3n) is 7.96. The van der Waals surface area contributed by atoms with Gasteiger partial charge < -0.3 is 19.7 Å². The van der Waals surface area contributed by atoms with Crippen LogP contribution >= 0.6 is 0 Å². The summed E-state index contributed by atoms with van der Waals surface area (Å²) in [5, 5.41) is 19.2. The highest BCUT2D eigenvalue weighted by Crippen LogP contribution is 2.61. The zero-order chi connectivity index (χ0) is 27.5. The lowest BCUT2D eigenvalue weighted by atomic mass is 9.97. The van der Waals surface area contributed by atoms with E-state index < -0.39 is 29.1 Å². The number of aliphatic hydroxyl groups is 1. The Bertz CT molecular complexity index is 1450. The molecule has 0 unspecified atom stereocenters. The number of nitrogens with zero attached hydrogens (tertiary/aromatic N) is 1. The summed E-state index contributed by atoms with van der Waals surface area (Å²) in [4.78, 5) is 15.5. The molecule has 0 radical (unpaired) electrons. The van der Waals surface area contributed by atoms with E-state index in [2.05, 4.69) is 4.98 Å². The first-order valence-electron chi connectivity index (χ1n) is 12.7. The fourth-order valence-corrected chi connectivity index (χ4v) is 5.54. The van der Waals surface area contributed by atoms with Crippen LogP contribution in [0.5, 0.6) is 11.6 Å². The van der Waals surface area contributed by atoms with Crippen LogP contribution in [0.4, 0.5) is 17.6 Å². The molecule has 3 aliphatic carbocycles. The van der Waals surface area contributed by atoms with Crippen molar-refractivity contribution in [1.29, 1.82) is 0 Å². The van der Waals surface area contributed by atoms with Gasteiger partial charge >= 0.3 is 12.1 Å². The van der Waals surface area contributed by atoms with E-state index in [4.69, 9.17) is 9.47 Å². The van der Waals surface area contributed by atoms with E-state index in [0.717, 1.165) is 23.3 Å². The van der Waals surface area contributed by atoms with Gasteiger partial charge in [0.25, 0.3) is 0 Å². The van der Waals surface area contributed by atoms with E-state index in [-0.39, 0.29) is 59.3 Å². The quantitative estimate of drug-likeness (QED) is 0.334. The highest BCUT2D eigenvalue weighted by atomic mass is 19.4. The molecule has 2 aromatic carbocycles. The SMILES string of the molecule is O=C(O)[C@H]1[C@@H]2Cc3cc(OCc4cc(-c5ccc(OCCC6(O)CC6)cc5C(F)(F)F)ccc4F)ncc3[C@@H]21. The van der Waals surface area contributed by atoms with Crippen molar-refractivity contribution in [1.82, 2.24) is 4.98 Å². The molecule has 3 aromatic rings. The normalized spacial score (nSPS) is 22.1. The molecule has 1 heterocycles. The molecular weight excluding hydrogens is 518 g/mol. The van der Waals surface area contributed by atoms with Crippen LogP contribution in [-0.2, 0) is 24.0 Å². The Morgan fingerprint density at radius 2 is 1.90 bits per heavy atom. The topological polar surface area (TPSA) is 88.9 Å². The predicted octanol–water partition coefficient (Wildman–Crippen LogP) is 5.75. The van der Waals surface area contributed by atoms with Crippen LogP contribution in [0, 0.1) is 17.7 Å². The lowest BCUT2D eigenvalue weighted by molar-refractivity contribution is -0.139. The molecule has 3 atom stereocenters. The van der Waals surface area contributed by atoms with Crippen LogP contribution in [0.2, 0.25) is 0 Å². The van der Waals surface area contributed by atoms with Crippen molar-refractivity contribution in [2.75, 3.05) is 6.61 Å². The molecular formula is C29H25F4NO5. The summed E-state index contributed by atoms with van der Waals surface area (Å²) in [6.45, 7) is -0.148. The molecule has 0 saturated heterocycles. The molecule has 0 aliphatic heterocycles. The molecule has 39 heavy (non-hydrogen) atoms. The van der Waals surface area contributed by atoms with E-state index >= 15 is 0 Å². The number of fused-ring (bicyclic) bond motifs is 3. The van der Waals surface area contributed by atoms with Gasteiger partial charge in [-0.25, -0.2) is 9.37 Å². The minimum Gasteiger partial charge on any atom is -0.493 e. The molecule has 6 rings (SSSR count). The van der Waals surface area contributed by atoms with Gasteiger partial charge in [-0.05, 0) is 71.7 Å². The van der Waals surface area contributed by atoms with Crippen LogP contribution in [0.3, 0.4) is 0 Å². The molecule has 204 valence electrons. The van der Waals surface area contributed by atoms with Gasteiger partial charge in [0.15, 0.2) is 0 Å². The zero-order valence-electron chi connectivity index (χ0n) is 20.7. The second kappa shape index (κ2) is 9.22. The Hall–Kier alpha value is -3.66. The summed E-state index contributed by atoms with van der Waals surface area (Å²) in [5.74, 6) is -1.51.